The van der Waals surface area contributed by atoms with E-state index in [9.17, 15) is 9.59 Å². The molecule has 18 aliphatic carbocycles. The Morgan fingerprint density at radius 1 is 0.476 bits per heavy atom. The number of halogens is 12. The van der Waals surface area contributed by atoms with Gasteiger partial charge in [0.25, 0.3) is 0 Å². The van der Waals surface area contributed by atoms with Crippen LogP contribution in [0, 0.1) is 130 Å². The minimum atomic E-state index is -5.10. The van der Waals surface area contributed by atoms with Gasteiger partial charge in [0.05, 0.1) is 36.5 Å². The first kappa shape index (κ1) is 49.8. The summed E-state index contributed by atoms with van der Waals surface area (Å²) in [5.41, 5.74) is 5.89. The van der Waals surface area contributed by atoms with Crippen LogP contribution >= 0.6 is 0 Å². The normalized spacial score (nSPS) is 45.7. The molecule has 20 rings (SSSR count). The second-order valence-electron chi connectivity index (χ2n) is 29.2. The molecule has 18 aliphatic rings. The van der Waals surface area contributed by atoms with Crippen LogP contribution in [0.3, 0.4) is 0 Å². The van der Waals surface area contributed by atoms with Crippen molar-refractivity contribution in [3.63, 3.8) is 0 Å². The van der Waals surface area contributed by atoms with Gasteiger partial charge in [0, 0.05) is 41.4 Å². The van der Waals surface area contributed by atoms with Crippen LogP contribution in [0.5, 0.6) is 0 Å². The van der Waals surface area contributed by atoms with E-state index in [-0.39, 0.29) is 139 Å². The maximum Gasteiger partial charge on any atom is 0.416 e. The fourth-order valence-corrected chi connectivity index (χ4v) is 27.1. The van der Waals surface area contributed by atoms with Crippen LogP contribution in [0.4, 0.5) is 52.7 Å². The van der Waals surface area contributed by atoms with Crippen molar-refractivity contribution in [1.82, 2.24) is 0 Å². The van der Waals surface area contributed by atoms with Crippen LogP contribution < -0.4 is 0 Å². The molecule has 0 spiro atoms. The maximum absolute atomic E-state index is 15.2. The van der Waals surface area contributed by atoms with Gasteiger partial charge in [-0.1, -0.05) is 45.6 Å². The lowest BCUT2D eigenvalue weighted by molar-refractivity contribution is -0.144. The minimum Gasteiger partial charge on any atom is -0.469 e. The highest BCUT2D eigenvalue weighted by atomic mass is 19.4. The van der Waals surface area contributed by atoms with E-state index in [0.29, 0.717) is 53.3 Å². The number of hydrogen-bond donors (Lipinski definition) is 0. The topological polar surface area (TPSA) is 52.6 Å². The van der Waals surface area contributed by atoms with E-state index < -0.39 is 69.7 Å². The lowest BCUT2D eigenvalue weighted by Gasteiger charge is -2.60. The average molecular weight is 1170 g/mol. The van der Waals surface area contributed by atoms with Crippen LogP contribution in [0.25, 0.3) is 0 Å². The number of carbonyl (C=O) groups is 2. The third-order valence-electron chi connectivity index (χ3n) is 27.8. The monoisotopic (exact) mass is 1160 g/mol. The zero-order valence-electron chi connectivity index (χ0n) is 45.6. The number of rotatable bonds is 10. The Bertz CT molecular complexity index is 3790. The summed E-state index contributed by atoms with van der Waals surface area (Å²) in [4.78, 5) is 26.0. The summed E-state index contributed by atoms with van der Waals surface area (Å²) in [6, 6.07) is 4.28. The predicted molar refractivity (Wildman–Crippen MR) is 275 cm³/mol. The molecular formula is C68H56F12O4. The third-order valence-corrected chi connectivity index (χ3v) is 27.8. The molecule has 0 aliphatic heterocycles. The molecule has 0 radical (unpaired) electrons. The molecule has 436 valence electrons. The summed E-state index contributed by atoms with van der Waals surface area (Å²) < 4.78 is 193. The van der Waals surface area contributed by atoms with Gasteiger partial charge >= 0.3 is 36.6 Å². The molecule has 2 aromatic carbocycles. The van der Waals surface area contributed by atoms with Crippen LogP contribution in [-0.2, 0) is 54.6 Å². The quantitative estimate of drug-likeness (QED) is 0.135. The van der Waals surface area contributed by atoms with E-state index >= 15 is 52.7 Å². The van der Waals surface area contributed by atoms with Crippen LogP contribution in [0.15, 0.2) is 115 Å². The molecule has 4 nitrogen and oxygen atoms in total. The number of methoxy groups -OCH3 is 2. The van der Waals surface area contributed by atoms with E-state index in [2.05, 4.69) is 12.2 Å². The summed E-state index contributed by atoms with van der Waals surface area (Å²) in [6.07, 6.45) is -11.8. The summed E-state index contributed by atoms with van der Waals surface area (Å²) in [7, 11) is 2.53. The third kappa shape index (κ3) is 5.17. The molecule has 0 aromatic heterocycles. The van der Waals surface area contributed by atoms with Crippen molar-refractivity contribution in [2.24, 2.45) is 130 Å². The summed E-state index contributed by atoms with van der Waals surface area (Å²) in [5.74, 6) is 2.57. The molecule has 0 N–H and O–H groups in total. The smallest absolute Gasteiger partial charge is 0.416 e. The van der Waals surface area contributed by atoms with Gasteiger partial charge in [0.1, 0.15) is 0 Å². The van der Waals surface area contributed by atoms with Gasteiger partial charge in [-0.2, -0.15) is 52.7 Å². The molecule has 0 heterocycles. The van der Waals surface area contributed by atoms with Crippen molar-refractivity contribution >= 4 is 11.9 Å². The zero-order chi connectivity index (χ0) is 57.4. The average Bonchev–Trinajstić information content (AvgIpc) is 1.42. The molecular weight excluding hydrogens is 1110 g/mol. The predicted octanol–water partition coefficient (Wildman–Crippen LogP) is 15.3. The molecule has 9 fully saturated rings. The first-order valence-electron chi connectivity index (χ1n) is 30.9. The first-order valence-corrected chi connectivity index (χ1v) is 30.9. The molecule has 9 saturated carbocycles. The lowest BCUT2D eigenvalue weighted by Crippen LogP contribution is -2.57. The number of carbonyl (C=O) groups excluding carboxylic acids is 2. The number of ether oxygens (including phenoxy) is 2. The van der Waals surface area contributed by atoms with E-state index in [1.165, 1.54) is 42.1 Å². The number of hydrogen-bond acceptors (Lipinski definition) is 4. The van der Waals surface area contributed by atoms with Crippen molar-refractivity contribution in [2.75, 3.05) is 14.2 Å². The van der Waals surface area contributed by atoms with E-state index in [4.69, 9.17) is 9.47 Å². The Balaban J connectivity index is 0.860. The van der Waals surface area contributed by atoms with Gasteiger partial charge in [0.15, 0.2) is 0 Å². The summed E-state index contributed by atoms with van der Waals surface area (Å²) in [5, 5.41) is 0. The molecule has 16 heteroatoms. The Labute approximate surface area is 475 Å². The summed E-state index contributed by atoms with van der Waals surface area (Å²) in [6.45, 7) is 0. The molecule has 0 amide bonds. The van der Waals surface area contributed by atoms with Gasteiger partial charge in [-0.05, 0) is 245 Å². The van der Waals surface area contributed by atoms with E-state index in [1.54, 1.807) is 5.57 Å². The van der Waals surface area contributed by atoms with Gasteiger partial charge in [-0.25, -0.2) is 0 Å². The number of allylic oxidation sites excluding steroid dienone is 14. The van der Waals surface area contributed by atoms with Crippen LogP contribution in [0.1, 0.15) is 97.6 Å². The zero-order valence-corrected chi connectivity index (χ0v) is 45.6. The molecule has 24 unspecified atom stereocenters. The fourth-order valence-electron chi connectivity index (χ4n) is 27.1. The number of fused-ring (bicyclic) bond motifs is 7. The number of benzene rings is 2. The van der Waals surface area contributed by atoms with Gasteiger partial charge < -0.3 is 9.47 Å². The summed E-state index contributed by atoms with van der Waals surface area (Å²) >= 11 is 0. The highest BCUT2D eigenvalue weighted by Gasteiger charge is 2.87. The van der Waals surface area contributed by atoms with E-state index in [0.717, 1.165) is 83.4 Å². The Hall–Kier alpha value is -5.28. The van der Waals surface area contributed by atoms with Gasteiger partial charge in [-0.3, -0.25) is 9.59 Å². The molecule has 2 aromatic rings. The first-order chi connectivity index (χ1) is 40.0. The maximum atomic E-state index is 15.2. The number of alkyl halides is 12. The minimum absolute atomic E-state index is 0.00537. The van der Waals surface area contributed by atoms with Crippen molar-refractivity contribution in [3.8, 4) is 0 Å². The standard InChI is InChI=1S/C68H56F12O4/c1-83-33(81)5-3-13-63(21-15-23(65(69,70)71)19-24(16-21)66(72,73)74)59-41-29-9-7-27-28-8-10-30-38-36(28)45-35(27)37(29)46-50(41)52-43(61(59)63)31-11-12-32-40-39(31)48(52)57-55(46)54(45)56-47(38)51-42(30)60-62(44(32)53(51)49(40)58(56)57)64(60,14-4-6-34(82)84-2)22-17-25(67(75,76)77)20-26(18-22)68(78,79)80/h11-12,15-20,27-29,31,35-39,41,43,45-47,50-56,58H,3-10,13-14H2,1-2H3. The second kappa shape index (κ2) is 14.6. The van der Waals surface area contributed by atoms with Crippen molar-refractivity contribution in [3.05, 3.63) is 149 Å². The highest BCUT2D eigenvalue weighted by molar-refractivity contribution is 5.88. The largest absolute Gasteiger partial charge is 0.469 e. The van der Waals surface area contributed by atoms with Crippen molar-refractivity contribution in [2.45, 2.75) is 99.7 Å². The Morgan fingerprint density at radius 2 is 1.00 bits per heavy atom. The lowest BCUT2D eigenvalue weighted by atomic mass is 9.43. The fraction of sp³-hybridized carbons (Fsp3) is 0.588. The SMILES string of the molecule is COC(=O)CCCC1(c2cc(C(F)(F)F)cc(C(F)(F)F)c2)C2=C1C1=C3CCC4C5CCC6C7C8=C(C9C%10C=CC%11=C2C2C%12=C%11C%10C%10=C%11C%12C%12C(C12)C3C4C1C5C6C(C%11C%121)C7C%109)C8(CCCC(=O)OC)c1cc(C(F)(F)F)cc(C(F)(F)F)c1. The Kier molecular flexibility index (Phi) is 8.68. The van der Waals surface area contributed by atoms with E-state index in [1.807, 2.05) is 0 Å². The molecule has 24 atom stereocenters. The van der Waals surface area contributed by atoms with Gasteiger partial charge in [0.2, 0.25) is 0 Å². The second-order valence-corrected chi connectivity index (χ2v) is 29.2. The highest BCUT2D eigenvalue weighted by Crippen LogP contribution is 2.93. The van der Waals surface area contributed by atoms with Gasteiger partial charge in [-0.15, -0.1) is 0 Å². The van der Waals surface area contributed by atoms with Crippen LogP contribution in [-0.4, -0.2) is 26.2 Å². The molecule has 84 heavy (non-hydrogen) atoms. The molecule has 0 bridgehead atoms. The van der Waals surface area contributed by atoms with Crippen molar-refractivity contribution in [1.29, 1.82) is 0 Å². The van der Waals surface area contributed by atoms with Crippen molar-refractivity contribution < 1.29 is 71.7 Å². The Morgan fingerprint density at radius 3 is 1.62 bits per heavy atom. The molecule has 0 saturated heterocycles. The van der Waals surface area contributed by atoms with Crippen LogP contribution in [0.2, 0.25) is 0 Å². The number of esters is 2.